The maximum absolute atomic E-state index is 9.28. The van der Waals surface area contributed by atoms with Crippen LogP contribution in [-0.4, -0.2) is 10.7 Å². The molecule has 0 unspecified atom stereocenters. The van der Waals surface area contributed by atoms with Gasteiger partial charge < -0.3 is 5.53 Å². The van der Waals surface area contributed by atoms with Gasteiger partial charge in [0.05, 0.1) is 6.08 Å². The van der Waals surface area contributed by atoms with Crippen molar-refractivity contribution in [3.05, 3.63) is 100 Å². The van der Waals surface area contributed by atoms with E-state index in [1.54, 1.807) is 0 Å². The zero-order valence-corrected chi connectivity index (χ0v) is 34.6. The number of unbranched alkanes of at least 4 members (excludes halogenated alkanes) is 13. The van der Waals surface area contributed by atoms with Crippen molar-refractivity contribution < 1.29 is 22.8 Å². The van der Waals surface area contributed by atoms with Gasteiger partial charge in [0.1, 0.15) is 0 Å². The molecule has 50 heavy (non-hydrogen) atoms. The molecule has 0 bridgehead atoms. The van der Waals surface area contributed by atoms with E-state index < -0.39 is 0 Å². The zero-order valence-electron chi connectivity index (χ0n) is 33.0. The first-order valence-corrected chi connectivity index (χ1v) is 22.8. The van der Waals surface area contributed by atoms with Crippen molar-refractivity contribution >= 4 is 11.4 Å². The van der Waals surface area contributed by atoms with Crippen molar-refractivity contribution in [2.45, 2.75) is 186 Å². The molecule has 0 spiro atoms. The molecule has 0 amide bonds. The number of hydrogen-bond acceptors (Lipinski definition) is 0. The van der Waals surface area contributed by atoms with Crippen molar-refractivity contribution in [2.75, 3.05) is 0 Å². The third-order valence-electron chi connectivity index (χ3n) is 9.13. The Kier molecular flexibility index (Phi) is 31.0. The number of benzene rings is 2. The van der Waals surface area contributed by atoms with Crippen LogP contribution < -0.4 is 0 Å². The van der Waals surface area contributed by atoms with E-state index in [9.17, 15) is 5.53 Å². The number of hydrogen-bond donors (Lipinski definition) is 0. The van der Waals surface area contributed by atoms with Gasteiger partial charge in [-0.3, -0.25) is 0 Å². The molecular weight excluding hydrogens is 699 g/mol. The van der Waals surface area contributed by atoms with Crippen molar-refractivity contribution in [2.24, 2.45) is 0 Å². The number of allylic oxidation sites excluding steroid dienone is 4. The minimum atomic E-state index is 0.955. The first-order valence-electron chi connectivity index (χ1n) is 20.6. The summed E-state index contributed by atoms with van der Waals surface area (Å²) in [6, 6.07) is 18.1. The normalized spacial score (nSPS) is 11.5. The van der Waals surface area contributed by atoms with Crippen LogP contribution in [0.2, 0.25) is 9.79 Å². The third kappa shape index (κ3) is 22.5. The summed E-state index contributed by atoms with van der Waals surface area (Å²) in [4.78, 5) is 6.25. The van der Waals surface area contributed by atoms with Crippen LogP contribution >= 0.6 is 0 Å². The Morgan fingerprint density at radius 2 is 1.20 bits per heavy atom. The summed E-state index contributed by atoms with van der Waals surface area (Å²) >= 11 is 1.07. The van der Waals surface area contributed by atoms with Crippen molar-refractivity contribution in [3.63, 3.8) is 0 Å². The van der Waals surface area contributed by atoms with E-state index in [-0.39, 0.29) is 0 Å². The summed E-state index contributed by atoms with van der Waals surface area (Å²) in [5.41, 5.74) is 17.1. The topological polar surface area (TPSA) is 36.4 Å². The fourth-order valence-corrected chi connectivity index (χ4v) is 8.25. The van der Waals surface area contributed by atoms with E-state index in [2.05, 4.69) is 106 Å². The van der Waals surface area contributed by atoms with Gasteiger partial charge in [-0.2, -0.15) is 0 Å². The number of rotatable bonds is 28. The Hall–Kier alpha value is -2.26. The van der Waals surface area contributed by atoms with Gasteiger partial charge >= 0.3 is 67.3 Å². The van der Waals surface area contributed by atoms with Gasteiger partial charge in [0.2, 0.25) is 0 Å². The van der Waals surface area contributed by atoms with Crippen LogP contribution in [0.15, 0.2) is 72.3 Å². The monoisotopic (exact) mass is 772 g/mol. The third-order valence-corrected chi connectivity index (χ3v) is 11.3. The van der Waals surface area contributed by atoms with Crippen LogP contribution in [0.4, 0.5) is 0 Å². The molecule has 2 nitrogen and oxygen atoms in total. The van der Waals surface area contributed by atoms with Crippen LogP contribution in [-0.2, 0) is 30.8 Å². The van der Waals surface area contributed by atoms with Crippen LogP contribution in [0.3, 0.4) is 0 Å². The molecule has 0 N–H and O–H groups in total. The Labute approximate surface area is 318 Å². The zero-order chi connectivity index (χ0) is 36.3. The molecule has 3 heteroatoms. The second kappa shape index (κ2) is 33.9. The first-order chi connectivity index (χ1) is 24.7. The van der Waals surface area contributed by atoms with Crippen LogP contribution in [0, 0.1) is 0 Å². The second-order valence-corrected chi connectivity index (χ2v) is 16.0. The standard InChI is InChI=1S/C39H56N2.2C4H9.Pd/c1-4-7-10-12-14-15-16-18-19-24-35-25-21-22-27-38(35)39(37-30-28-34(29-31-37)23-9-6-3)36(32-33-41-40)26-20-17-13-11-8-5-2;2*1-3-4-2;/h15-16,21-22,25,27-32H,4-14,17-20,23-24,26H2,1-3H3;2*1,3-4H2,2H3;. The van der Waals surface area contributed by atoms with Gasteiger partial charge in [-0.15, -0.1) is 4.79 Å². The minimum absolute atomic E-state index is 0.955. The average molecular weight is 774 g/mol. The molecule has 0 saturated carbocycles. The molecule has 282 valence electrons. The summed E-state index contributed by atoms with van der Waals surface area (Å²) < 4.78 is 0. The van der Waals surface area contributed by atoms with Gasteiger partial charge in [-0.1, -0.05) is 139 Å². The summed E-state index contributed by atoms with van der Waals surface area (Å²) in [6.07, 6.45) is 34.2. The molecule has 0 radical (unpaired) electrons. The summed E-state index contributed by atoms with van der Waals surface area (Å²) in [5, 5.41) is 0. The predicted octanol–water partition coefficient (Wildman–Crippen LogP) is 15.4. The molecular formula is C47H74N2Pd. The Bertz CT molecular complexity index is 1220. The summed E-state index contributed by atoms with van der Waals surface area (Å²) in [5.74, 6) is 2.76. The van der Waals surface area contributed by atoms with E-state index >= 15 is 0 Å². The molecule has 0 aliphatic rings. The maximum atomic E-state index is 9.28. The molecule has 2 rings (SSSR count). The van der Waals surface area contributed by atoms with Crippen LogP contribution in [0.1, 0.15) is 185 Å². The van der Waals surface area contributed by atoms with Crippen molar-refractivity contribution in [3.8, 4) is 0 Å². The van der Waals surface area contributed by atoms with E-state index in [0.717, 1.165) is 56.5 Å². The van der Waals surface area contributed by atoms with E-state index in [1.165, 1.54) is 146 Å². The van der Waals surface area contributed by atoms with E-state index in [4.69, 9.17) is 0 Å². The first kappa shape index (κ1) is 45.8. The Morgan fingerprint density at radius 1 is 0.620 bits per heavy atom. The Morgan fingerprint density at radius 3 is 1.84 bits per heavy atom. The average Bonchev–Trinajstić information content (AvgIpc) is 3.14. The van der Waals surface area contributed by atoms with Crippen molar-refractivity contribution in [1.82, 2.24) is 0 Å². The molecule has 0 aliphatic heterocycles. The quantitative estimate of drug-likeness (QED) is 0.0157. The molecule has 0 fully saturated rings. The van der Waals surface area contributed by atoms with Crippen LogP contribution in [0.5, 0.6) is 0 Å². The fraction of sp³-hybridized carbons (Fsp3) is 0.617. The van der Waals surface area contributed by atoms with Gasteiger partial charge in [0.25, 0.3) is 5.87 Å². The van der Waals surface area contributed by atoms with E-state index in [0.29, 0.717) is 0 Å². The second-order valence-electron chi connectivity index (χ2n) is 13.6. The van der Waals surface area contributed by atoms with Crippen molar-refractivity contribution in [1.29, 1.82) is 0 Å². The molecule has 2 aromatic rings. The SMILES string of the molecule is CCCCCCC=CCCCc1ccccc1C(=C(C=C=[N+]=[N-])CCCCCCCC)c1ccc(CCCC)cc1.CCC[CH2][Pd][CH2]CCC. The molecule has 0 heterocycles. The molecule has 0 aromatic heterocycles. The van der Waals surface area contributed by atoms with Gasteiger partial charge in [0.15, 0.2) is 0 Å². The predicted molar refractivity (Wildman–Crippen MR) is 219 cm³/mol. The molecule has 0 saturated heterocycles. The van der Waals surface area contributed by atoms with Gasteiger partial charge in [-0.05, 0) is 91.2 Å². The summed E-state index contributed by atoms with van der Waals surface area (Å²) in [7, 11) is 0. The van der Waals surface area contributed by atoms with Crippen LogP contribution in [0.25, 0.3) is 11.1 Å². The van der Waals surface area contributed by atoms with Gasteiger partial charge in [0, 0.05) is 0 Å². The molecule has 2 aromatic carbocycles. The van der Waals surface area contributed by atoms with E-state index in [1.807, 2.05) is 6.08 Å². The Balaban J connectivity index is 0.00000122. The number of nitrogens with zero attached hydrogens (tertiary/aromatic N) is 2. The molecule has 0 atom stereocenters. The fourth-order valence-electron chi connectivity index (χ4n) is 5.98. The summed E-state index contributed by atoms with van der Waals surface area (Å²) in [6.45, 7) is 11.3. The number of aryl methyl sites for hydroxylation is 2. The molecule has 0 aliphatic carbocycles. The van der Waals surface area contributed by atoms with Gasteiger partial charge in [-0.25, -0.2) is 0 Å².